The third-order valence-electron chi connectivity index (χ3n) is 5.15. The number of nitrogens with zero attached hydrogens (tertiary/aromatic N) is 1. The number of nitrogens with one attached hydrogen (secondary N) is 1. The van der Waals surface area contributed by atoms with Crippen LogP contribution in [0.3, 0.4) is 0 Å². The van der Waals surface area contributed by atoms with Crippen molar-refractivity contribution >= 4 is 17.8 Å². The number of halogens is 3. The first-order valence-electron chi connectivity index (χ1n) is 10.2. The lowest BCUT2D eigenvalue weighted by Gasteiger charge is -2.13. The van der Waals surface area contributed by atoms with Gasteiger partial charge in [0.2, 0.25) is 5.78 Å². The maximum Gasteiger partial charge on any atom is 0.416 e. The van der Waals surface area contributed by atoms with Gasteiger partial charge in [0, 0.05) is 29.2 Å². The van der Waals surface area contributed by atoms with Gasteiger partial charge in [-0.1, -0.05) is 18.2 Å². The van der Waals surface area contributed by atoms with E-state index in [0.29, 0.717) is 17.0 Å². The number of nitrogens with two attached hydrogens (primary N) is 1. The number of rotatable bonds is 7. The molecule has 1 aromatic heterocycles. The lowest BCUT2D eigenvalue weighted by atomic mass is 10.1. The smallest absolute Gasteiger partial charge is 0.416 e. The molecule has 7 nitrogen and oxygen atoms in total. The number of aromatic nitrogens is 1. The van der Waals surface area contributed by atoms with Crippen molar-refractivity contribution in [2.24, 2.45) is 5.73 Å². The van der Waals surface area contributed by atoms with Crippen LogP contribution in [0.5, 0.6) is 0 Å². The number of aryl methyl sites for hydroxylation is 1. The van der Waals surface area contributed by atoms with Gasteiger partial charge >= 0.3 is 18.2 Å². The molecule has 0 aliphatic heterocycles. The molecule has 0 saturated heterocycles. The van der Waals surface area contributed by atoms with Crippen LogP contribution in [0.4, 0.5) is 18.0 Å². The van der Waals surface area contributed by atoms with Crippen molar-refractivity contribution < 1.29 is 32.3 Å². The topological polar surface area (TPSA) is 103 Å². The van der Waals surface area contributed by atoms with E-state index in [1.54, 1.807) is 36.6 Å². The molecule has 0 spiro atoms. The molecule has 178 valence electrons. The fourth-order valence-electron chi connectivity index (χ4n) is 3.50. The molecule has 3 rings (SSSR count). The van der Waals surface area contributed by atoms with Crippen molar-refractivity contribution in [3.63, 3.8) is 0 Å². The van der Waals surface area contributed by atoms with Gasteiger partial charge in [-0.15, -0.1) is 0 Å². The highest BCUT2D eigenvalue weighted by Crippen LogP contribution is 2.31. The summed E-state index contributed by atoms with van der Waals surface area (Å²) >= 11 is 0. The summed E-state index contributed by atoms with van der Waals surface area (Å²) in [6.07, 6.45) is -4.49. The normalized spacial score (nSPS) is 11.2. The zero-order chi connectivity index (χ0) is 25.0. The maximum atomic E-state index is 13.1. The minimum Gasteiger partial charge on any atom is -0.454 e. The maximum absolute atomic E-state index is 13.1. The van der Waals surface area contributed by atoms with Gasteiger partial charge in [-0.3, -0.25) is 4.79 Å². The van der Waals surface area contributed by atoms with Gasteiger partial charge in [-0.05, 0) is 55.8 Å². The third-order valence-corrected chi connectivity index (χ3v) is 5.15. The number of urea groups is 1. The van der Waals surface area contributed by atoms with Crippen LogP contribution in [-0.2, 0) is 17.5 Å². The fourth-order valence-corrected chi connectivity index (χ4v) is 3.50. The highest BCUT2D eigenvalue weighted by molar-refractivity contribution is 6.00. The molecule has 10 heteroatoms. The molecule has 0 aliphatic rings. The molecule has 0 atom stereocenters. The number of amides is 2. The lowest BCUT2D eigenvalue weighted by Crippen LogP contribution is -2.28. The molecule has 0 radical (unpaired) electrons. The number of Topliss-reactive ketones (excluding diaryl/α,β-unsaturated/α-hetero) is 1. The number of hydrogen-bond donors (Lipinski definition) is 2. The number of hydrogen-bond acceptors (Lipinski definition) is 4. The zero-order valence-corrected chi connectivity index (χ0v) is 18.4. The van der Waals surface area contributed by atoms with E-state index >= 15 is 0 Å². The van der Waals surface area contributed by atoms with Gasteiger partial charge in [-0.2, -0.15) is 13.2 Å². The van der Waals surface area contributed by atoms with E-state index in [-0.39, 0.29) is 23.4 Å². The molecule has 3 aromatic rings. The summed E-state index contributed by atoms with van der Waals surface area (Å²) in [4.78, 5) is 35.8. The molecule has 2 amide bonds. The standard InChI is InChI=1S/C24H22F3N3O4/c1-14-10-20(15(2)30(14)19-5-3-4-18(11-19)24(25,26)27)21(31)13-34-22(32)17-8-6-16(7-9-17)12-29-23(28)33/h3-11H,12-13H2,1-2H3,(H3,28,29,33). The number of esters is 1. The van der Waals surface area contributed by atoms with Gasteiger partial charge in [0.15, 0.2) is 6.61 Å². The third kappa shape index (κ3) is 5.64. The summed E-state index contributed by atoms with van der Waals surface area (Å²) in [5, 5.41) is 2.42. The van der Waals surface area contributed by atoms with Crippen molar-refractivity contribution in [3.05, 3.63) is 88.2 Å². The molecule has 3 N–H and O–H groups in total. The fraction of sp³-hybridized carbons (Fsp3) is 0.208. The van der Waals surface area contributed by atoms with Crippen LogP contribution < -0.4 is 11.1 Å². The van der Waals surface area contributed by atoms with E-state index < -0.39 is 36.1 Å². The molecule has 34 heavy (non-hydrogen) atoms. The first-order valence-corrected chi connectivity index (χ1v) is 10.2. The minimum absolute atomic E-state index is 0.199. The van der Waals surface area contributed by atoms with Crippen LogP contribution in [-0.4, -0.2) is 29.0 Å². The van der Waals surface area contributed by atoms with Gasteiger partial charge in [0.05, 0.1) is 11.1 Å². The Morgan fingerprint density at radius 1 is 1.03 bits per heavy atom. The Morgan fingerprint density at radius 3 is 2.32 bits per heavy atom. The number of carbonyl (C=O) groups is 3. The minimum atomic E-state index is -4.49. The molecule has 0 bridgehead atoms. The lowest BCUT2D eigenvalue weighted by molar-refractivity contribution is -0.137. The SMILES string of the molecule is Cc1cc(C(=O)COC(=O)c2ccc(CNC(N)=O)cc2)c(C)n1-c1cccc(C(F)(F)F)c1. The number of ketones is 1. The van der Waals surface area contributed by atoms with E-state index in [9.17, 15) is 27.6 Å². The monoisotopic (exact) mass is 473 g/mol. The van der Waals surface area contributed by atoms with Crippen LogP contribution in [0, 0.1) is 13.8 Å². The van der Waals surface area contributed by atoms with Crippen molar-refractivity contribution in [3.8, 4) is 5.69 Å². The van der Waals surface area contributed by atoms with Gasteiger partial charge in [0.1, 0.15) is 0 Å². The van der Waals surface area contributed by atoms with Crippen LogP contribution in [0.1, 0.15) is 43.2 Å². The van der Waals surface area contributed by atoms with Crippen molar-refractivity contribution in [1.82, 2.24) is 9.88 Å². The van der Waals surface area contributed by atoms with Crippen LogP contribution in [0.25, 0.3) is 5.69 Å². The predicted octanol–water partition coefficient (Wildman–Crippen LogP) is 4.32. The van der Waals surface area contributed by atoms with Crippen LogP contribution in [0.2, 0.25) is 0 Å². The quantitative estimate of drug-likeness (QED) is 0.394. The Bertz CT molecular complexity index is 1230. The molecule has 0 aliphatic carbocycles. The van der Waals surface area contributed by atoms with E-state index in [1.807, 2.05) is 0 Å². The summed E-state index contributed by atoms with van der Waals surface area (Å²) in [6, 6.07) is 11.9. The molecule has 1 heterocycles. The van der Waals surface area contributed by atoms with Crippen molar-refractivity contribution in [2.45, 2.75) is 26.6 Å². The number of benzene rings is 2. The number of ether oxygens (including phenoxy) is 1. The zero-order valence-electron chi connectivity index (χ0n) is 18.4. The van der Waals surface area contributed by atoms with Crippen molar-refractivity contribution in [1.29, 1.82) is 0 Å². The average Bonchev–Trinajstić information content (AvgIpc) is 3.09. The highest BCUT2D eigenvalue weighted by Gasteiger charge is 2.31. The summed E-state index contributed by atoms with van der Waals surface area (Å²) in [6.45, 7) is 2.95. The largest absolute Gasteiger partial charge is 0.454 e. The molecule has 0 saturated carbocycles. The predicted molar refractivity (Wildman–Crippen MR) is 118 cm³/mol. The molecule has 0 unspecified atom stereocenters. The molecule has 2 aromatic carbocycles. The molecular weight excluding hydrogens is 451 g/mol. The average molecular weight is 473 g/mol. The Morgan fingerprint density at radius 2 is 1.71 bits per heavy atom. The second-order valence-corrected chi connectivity index (χ2v) is 7.58. The van der Waals surface area contributed by atoms with Gasteiger partial charge in [0.25, 0.3) is 0 Å². The van der Waals surface area contributed by atoms with Crippen LogP contribution in [0.15, 0.2) is 54.6 Å². The Labute approximate surface area is 193 Å². The van der Waals surface area contributed by atoms with Gasteiger partial charge in [-0.25, -0.2) is 9.59 Å². The van der Waals surface area contributed by atoms with Crippen LogP contribution >= 0.6 is 0 Å². The summed E-state index contributed by atoms with van der Waals surface area (Å²) < 4.78 is 45.9. The number of alkyl halides is 3. The summed E-state index contributed by atoms with van der Waals surface area (Å²) in [7, 11) is 0. The highest BCUT2D eigenvalue weighted by atomic mass is 19.4. The van der Waals surface area contributed by atoms with E-state index in [1.165, 1.54) is 24.3 Å². The van der Waals surface area contributed by atoms with Gasteiger partial charge < -0.3 is 20.4 Å². The Balaban J connectivity index is 1.70. The number of primary amides is 1. The molecular formula is C24H22F3N3O4. The number of carbonyl (C=O) groups excluding carboxylic acids is 3. The van der Waals surface area contributed by atoms with E-state index in [0.717, 1.165) is 12.1 Å². The van der Waals surface area contributed by atoms with E-state index in [2.05, 4.69) is 5.32 Å². The Hall–Kier alpha value is -4.08. The van der Waals surface area contributed by atoms with Crippen molar-refractivity contribution in [2.75, 3.05) is 6.61 Å². The Kier molecular flexibility index (Phi) is 7.09. The first-order chi connectivity index (χ1) is 16.0. The summed E-state index contributed by atoms with van der Waals surface area (Å²) in [5.74, 6) is -1.20. The second kappa shape index (κ2) is 9.82. The van der Waals surface area contributed by atoms with E-state index in [4.69, 9.17) is 10.5 Å². The second-order valence-electron chi connectivity index (χ2n) is 7.58. The molecule has 0 fully saturated rings. The summed E-state index contributed by atoms with van der Waals surface area (Å²) in [5.41, 5.74) is 6.66. The first kappa shape index (κ1) is 24.6.